The SMILES string of the molecule is CC(O)C(C)(O)O.CCCCCCCCCCCC(=O)OCC(COC(=O)CCCCCCCCCCC)OC(=O)CCCCCCCCCCC. The summed E-state index contributed by atoms with van der Waals surface area (Å²) in [7, 11) is 0. The second-order valence-electron chi connectivity index (χ2n) is 15.0. The minimum absolute atomic E-state index is 0.0644. The van der Waals surface area contributed by atoms with Gasteiger partial charge in [-0.05, 0) is 33.1 Å². The maximum absolute atomic E-state index is 12.6. The largest absolute Gasteiger partial charge is 0.462 e. The number of hydrogen-bond acceptors (Lipinski definition) is 9. The number of ether oxygens (including phenoxy) is 3. The number of rotatable bonds is 36. The van der Waals surface area contributed by atoms with Gasteiger partial charge in [0.2, 0.25) is 0 Å². The molecular formula is C43H84O9. The zero-order chi connectivity index (χ0) is 39.1. The molecule has 0 aromatic heterocycles. The third kappa shape index (κ3) is 41.1. The molecule has 0 aliphatic heterocycles. The van der Waals surface area contributed by atoms with Gasteiger partial charge in [-0.3, -0.25) is 14.4 Å². The van der Waals surface area contributed by atoms with Crippen molar-refractivity contribution < 1.29 is 43.9 Å². The van der Waals surface area contributed by atoms with E-state index in [1.807, 2.05) is 0 Å². The normalized spacial score (nSPS) is 11.9. The molecule has 0 aromatic rings. The molecule has 0 fully saturated rings. The van der Waals surface area contributed by atoms with Crippen molar-refractivity contribution in [1.82, 2.24) is 0 Å². The number of aliphatic hydroxyl groups is 3. The summed E-state index contributed by atoms with van der Waals surface area (Å²) < 4.78 is 16.5. The highest BCUT2D eigenvalue weighted by Crippen LogP contribution is 2.14. The predicted octanol–water partition coefficient (Wildman–Crippen LogP) is 10.8. The first-order chi connectivity index (χ1) is 25.0. The third-order valence-corrected chi connectivity index (χ3v) is 9.40. The molecule has 0 bridgehead atoms. The molecule has 0 aliphatic carbocycles. The van der Waals surface area contributed by atoms with E-state index in [0.29, 0.717) is 19.3 Å². The molecule has 0 saturated heterocycles. The van der Waals surface area contributed by atoms with E-state index in [2.05, 4.69) is 20.8 Å². The number of carbonyl (C=O) groups excluding carboxylic acids is 3. The van der Waals surface area contributed by atoms with E-state index < -0.39 is 18.0 Å². The highest BCUT2D eigenvalue weighted by atomic mass is 16.6. The van der Waals surface area contributed by atoms with Crippen molar-refractivity contribution in [3.8, 4) is 0 Å². The molecule has 0 aromatic carbocycles. The predicted molar refractivity (Wildman–Crippen MR) is 212 cm³/mol. The highest BCUT2D eigenvalue weighted by molar-refractivity contribution is 5.71. The number of esters is 3. The van der Waals surface area contributed by atoms with Crippen molar-refractivity contribution in [2.24, 2.45) is 0 Å². The molecular weight excluding hydrogens is 660 g/mol. The van der Waals surface area contributed by atoms with Gasteiger partial charge in [-0.15, -0.1) is 0 Å². The Bertz CT molecular complexity index is 756. The van der Waals surface area contributed by atoms with Crippen molar-refractivity contribution in [3.05, 3.63) is 0 Å². The second-order valence-corrected chi connectivity index (χ2v) is 15.0. The molecule has 0 saturated carbocycles. The average molecular weight is 745 g/mol. The standard InChI is InChI=1S/C39H74O6.C4H10O3/c1-4-7-10-13-16-19-22-25-28-31-37(40)43-34-36(45-39(42)33-30-27-24-21-18-15-12-9-6-3)35-44-38(41)32-29-26-23-20-17-14-11-8-5-2;1-3(5)4(2,6)7/h36H,4-35H2,1-3H3;3,5-7H,1-2H3. The molecule has 0 radical (unpaired) electrons. The number of aliphatic hydroxyl groups excluding tert-OH is 1. The lowest BCUT2D eigenvalue weighted by atomic mass is 10.1. The van der Waals surface area contributed by atoms with E-state index >= 15 is 0 Å². The van der Waals surface area contributed by atoms with Gasteiger partial charge < -0.3 is 29.5 Å². The van der Waals surface area contributed by atoms with Gasteiger partial charge >= 0.3 is 17.9 Å². The van der Waals surface area contributed by atoms with Gasteiger partial charge in [0.15, 0.2) is 11.9 Å². The molecule has 310 valence electrons. The van der Waals surface area contributed by atoms with Crippen molar-refractivity contribution in [2.75, 3.05) is 13.2 Å². The van der Waals surface area contributed by atoms with Crippen molar-refractivity contribution >= 4 is 17.9 Å². The summed E-state index contributed by atoms with van der Waals surface area (Å²) >= 11 is 0. The number of carbonyl (C=O) groups is 3. The van der Waals surface area contributed by atoms with Crippen LogP contribution in [0.2, 0.25) is 0 Å². The highest BCUT2D eigenvalue weighted by Gasteiger charge is 2.21. The monoisotopic (exact) mass is 745 g/mol. The first-order valence-corrected chi connectivity index (χ1v) is 21.6. The van der Waals surface area contributed by atoms with Crippen LogP contribution in [0, 0.1) is 0 Å². The van der Waals surface area contributed by atoms with E-state index in [-0.39, 0.29) is 31.1 Å². The molecule has 0 aliphatic rings. The van der Waals surface area contributed by atoms with Crippen LogP contribution in [0.4, 0.5) is 0 Å². The molecule has 1 unspecified atom stereocenters. The maximum atomic E-state index is 12.6. The zero-order valence-electron chi connectivity index (χ0n) is 34.6. The fourth-order valence-corrected chi connectivity index (χ4v) is 5.62. The summed E-state index contributed by atoms with van der Waals surface area (Å²) in [5.41, 5.74) is 0. The van der Waals surface area contributed by atoms with Gasteiger partial charge in [0.05, 0.1) is 0 Å². The molecule has 52 heavy (non-hydrogen) atoms. The lowest BCUT2D eigenvalue weighted by Crippen LogP contribution is -2.36. The van der Waals surface area contributed by atoms with Crippen LogP contribution in [0.25, 0.3) is 0 Å². The summed E-state index contributed by atoms with van der Waals surface area (Å²) in [6.07, 6.45) is 31.2. The summed E-state index contributed by atoms with van der Waals surface area (Å²) in [5, 5.41) is 25.2. The minimum atomic E-state index is -1.94. The van der Waals surface area contributed by atoms with Crippen LogP contribution >= 0.6 is 0 Å². The van der Waals surface area contributed by atoms with Gasteiger partial charge in [-0.2, -0.15) is 0 Å². The molecule has 0 rings (SSSR count). The Hall–Kier alpha value is -1.71. The molecule has 0 spiro atoms. The summed E-state index contributed by atoms with van der Waals surface area (Å²) in [6, 6.07) is 0. The van der Waals surface area contributed by atoms with Crippen LogP contribution in [0.5, 0.6) is 0 Å². The van der Waals surface area contributed by atoms with Crippen molar-refractivity contribution in [2.45, 2.75) is 245 Å². The quantitative estimate of drug-likeness (QED) is 0.0247. The topological polar surface area (TPSA) is 140 Å². The van der Waals surface area contributed by atoms with Gasteiger partial charge in [-0.1, -0.05) is 175 Å². The van der Waals surface area contributed by atoms with Crippen LogP contribution in [-0.2, 0) is 28.6 Å². The van der Waals surface area contributed by atoms with Gasteiger partial charge in [0.1, 0.15) is 19.3 Å². The Balaban J connectivity index is 0. The Kier molecular flexibility index (Phi) is 39.3. The lowest BCUT2D eigenvalue weighted by molar-refractivity contribution is -0.205. The summed E-state index contributed by atoms with van der Waals surface area (Å²) in [4.78, 5) is 37.3. The Morgan fingerprint density at radius 3 is 0.942 bits per heavy atom. The van der Waals surface area contributed by atoms with Crippen LogP contribution in [0.15, 0.2) is 0 Å². The van der Waals surface area contributed by atoms with E-state index in [0.717, 1.165) is 64.7 Å². The fourth-order valence-electron chi connectivity index (χ4n) is 5.62. The molecule has 0 amide bonds. The van der Waals surface area contributed by atoms with Crippen molar-refractivity contribution in [3.63, 3.8) is 0 Å². The third-order valence-electron chi connectivity index (χ3n) is 9.40. The van der Waals surface area contributed by atoms with Crippen molar-refractivity contribution in [1.29, 1.82) is 0 Å². The van der Waals surface area contributed by atoms with Crippen LogP contribution in [-0.4, -0.2) is 64.4 Å². The van der Waals surface area contributed by atoms with Crippen LogP contribution < -0.4 is 0 Å². The Morgan fingerprint density at radius 2 is 0.692 bits per heavy atom. The fraction of sp³-hybridized carbons (Fsp3) is 0.930. The zero-order valence-corrected chi connectivity index (χ0v) is 34.6. The van der Waals surface area contributed by atoms with E-state index in [9.17, 15) is 14.4 Å². The van der Waals surface area contributed by atoms with E-state index in [4.69, 9.17) is 29.5 Å². The maximum Gasteiger partial charge on any atom is 0.306 e. The average Bonchev–Trinajstić information content (AvgIpc) is 3.10. The molecule has 1 atom stereocenters. The van der Waals surface area contributed by atoms with E-state index in [1.54, 1.807) is 0 Å². The second kappa shape index (κ2) is 39.0. The van der Waals surface area contributed by atoms with Gasteiger partial charge in [0.25, 0.3) is 0 Å². The Labute approximate surface area is 319 Å². The van der Waals surface area contributed by atoms with E-state index in [1.165, 1.54) is 122 Å². The van der Waals surface area contributed by atoms with Gasteiger partial charge in [-0.25, -0.2) is 0 Å². The summed E-state index contributed by atoms with van der Waals surface area (Å²) in [5.74, 6) is -2.81. The molecule has 9 nitrogen and oxygen atoms in total. The number of unbranched alkanes of at least 4 members (excludes halogenated alkanes) is 24. The Morgan fingerprint density at radius 1 is 0.462 bits per heavy atom. The lowest BCUT2D eigenvalue weighted by Gasteiger charge is -2.18. The molecule has 9 heteroatoms. The van der Waals surface area contributed by atoms with Crippen LogP contribution in [0.1, 0.15) is 227 Å². The smallest absolute Gasteiger partial charge is 0.306 e. The van der Waals surface area contributed by atoms with Crippen LogP contribution in [0.3, 0.4) is 0 Å². The molecule has 3 N–H and O–H groups in total. The molecule has 0 heterocycles. The summed E-state index contributed by atoms with van der Waals surface area (Å²) in [6.45, 7) is 8.99. The first kappa shape index (κ1) is 52.4. The van der Waals surface area contributed by atoms with Gasteiger partial charge in [0, 0.05) is 19.3 Å². The minimum Gasteiger partial charge on any atom is -0.462 e. The number of hydrogen-bond donors (Lipinski definition) is 3. The first-order valence-electron chi connectivity index (χ1n) is 21.6.